The Morgan fingerprint density at radius 1 is 1.28 bits per heavy atom. The predicted molar refractivity (Wildman–Crippen MR) is 67.5 cm³/mol. The third-order valence-electron chi connectivity index (χ3n) is 2.56. The predicted octanol–water partition coefficient (Wildman–Crippen LogP) is 2.16. The molecule has 1 aromatic heterocycles. The number of benzene rings is 1. The van der Waals surface area contributed by atoms with Gasteiger partial charge in [-0.1, -0.05) is 12.1 Å². The number of pyridine rings is 1. The van der Waals surface area contributed by atoms with Gasteiger partial charge in [0.25, 0.3) is 0 Å². The molecule has 0 bridgehead atoms. The summed E-state index contributed by atoms with van der Waals surface area (Å²) in [6, 6.07) is 9.42. The number of aliphatic hydroxyl groups is 1. The number of methoxy groups -OCH3 is 1. The van der Waals surface area contributed by atoms with Crippen molar-refractivity contribution in [3.63, 3.8) is 0 Å². The van der Waals surface area contributed by atoms with Gasteiger partial charge < -0.3 is 14.6 Å². The van der Waals surface area contributed by atoms with E-state index in [1.54, 1.807) is 25.6 Å². The molecule has 0 spiro atoms. The summed E-state index contributed by atoms with van der Waals surface area (Å²) < 4.78 is 10.8. The van der Waals surface area contributed by atoms with Crippen LogP contribution in [0.2, 0.25) is 0 Å². The van der Waals surface area contributed by atoms with E-state index in [0.717, 1.165) is 11.3 Å². The van der Waals surface area contributed by atoms with Crippen LogP contribution in [0.25, 0.3) is 0 Å². The summed E-state index contributed by atoms with van der Waals surface area (Å²) in [5.41, 5.74) is 1.69. The summed E-state index contributed by atoms with van der Waals surface area (Å²) in [5, 5.41) is 9.16. The summed E-state index contributed by atoms with van der Waals surface area (Å²) in [7, 11) is 1.63. The van der Waals surface area contributed by atoms with Gasteiger partial charge in [0.05, 0.1) is 13.7 Å². The summed E-state index contributed by atoms with van der Waals surface area (Å²) in [6.45, 7) is 0.343. The summed E-state index contributed by atoms with van der Waals surface area (Å²) in [4.78, 5) is 3.94. The number of ether oxygens (including phenoxy) is 2. The lowest BCUT2D eigenvalue weighted by Crippen LogP contribution is -1.99. The van der Waals surface area contributed by atoms with Gasteiger partial charge in [0, 0.05) is 18.0 Å². The van der Waals surface area contributed by atoms with Gasteiger partial charge in [-0.05, 0) is 23.8 Å². The van der Waals surface area contributed by atoms with E-state index in [1.165, 1.54) is 0 Å². The van der Waals surface area contributed by atoms with Gasteiger partial charge in [0.15, 0.2) is 0 Å². The molecule has 4 heteroatoms. The maximum Gasteiger partial charge on any atom is 0.128 e. The van der Waals surface area contributed by atoms with E-state index >= 15 is 0 Å². The first-order chi connectivity index (χ1) is 8.83. The number of hydrogen-bond donors (Lipinski definition) is 1. The van der Waals surface area contributed by atoms with Gasteiger partial charge in [0.1, 0.15) is 18.1 Å². The Morgan fingerprint density at radius 2 is 2.17 bits per heavy atom. The number of nitrogens with zero attached hydrogens (tertiary/aromatic N) is 1. The van der Waals surface area contributed by atoms with Crippen LogP contribution in [0.3, 0.4) is 0 Å². The highest BCUT2D eigenvalue weighted by atomic mass is 16.5. The maximum absolute atomic E-state index is 9.16. The van der Waals surface area contributed by atoms with Crippen molar-refractivity contribution in [2.75, 3.05) is 7.11 Å². The smallest absolute Gasteiger partial charge is 0.128 e. The third kappa shape index (κ3) is 2.99. The van der Waals surface area contributed by atoms with E-state index < -0.39 is 0 Å². The molecule has 18 heavy (non-hydrogen) atoms. The fourth-order valence-electron chi connectivity index (χ4n) is 1.60. The van der Waals surface area contributed by atoms with Crippen LogP contribution >= 0.6 is 0 Å². The fraction of sp³-hybridized carbons (Fsp3) is 0.214. The molecular weight excluding hydrogens is 230 g/mol. The SMILES string of the molecule is COc1cccc(COc2ccncc2CO)c1. The summed E-state index contributed by atoms with van der Waals surface area (Å²) >= 11 is 0. The van der Waals surface area contributed by atoms with E-state index in [4.69, 9.17) is 14.6 Å². The standard InChI is InChI=1S/C14H15NO3/c1-17-13-4-2-3-11(7-13)10-18-14-5-6-15-8-12(14)9-16/h2-8,16H,9-10H2,1H3. The highest BCUT2D eigenvalue weighted by molar-refractivity contribution is 5.31. The van der Waals surface area contributed by atoms with Crippen LogP contribution in [0.15, 0.2) is 42.7 Å². The van der Waals surface area contributed by atoms with Crippen molar-refractivity contribution < 1.29 is 14.6 Å². The lowest BCUT2D eigenvalue weighted by Gasteiger charge is -2.10. The highest BCUT2D eigenvalue weighted by Gasteiger charge is 2.03. The van der Waals surface area contributed by atoms with Crippen molar-refractivity contribution in [1.29, 1.82) is 0 Å². The average Bonchev–Trinajstić information content (AvgIpc) is 2.45. The Morgan fingerprint density at radius 3 is 2.94 bits per heavy atom. The third-order valence-corrected chi connectivity index (χ3v) is 2.56. The van der Waals surface area contributed by atoms with E-state index in [2.05, 4.69) is 4.98 Å². The summed E-state index contributed by atoms with van der Waals surface area (Å²) in [6.07, 6.45) is 3.24. The zero-order valence-electron chi connectivity index (χ0n) is 10.2. The molecule has 4 nitrogen and oxygen atoms in total. The molecule has 1 heterocycles. The second-order valence-electron chi connectivity index (χ2n) is 3.78. The zero-order chi connectivity index (χ0) is 12.8. The molecule has 0 unspecified atom stereocenters. The topological polar surface area (TPSA) is 51.6 Å². The number of hydrogen-bond acceptors (Lipinski definition) is 4. The molecule has 0 aliphatic heterocycles. The first-order valence-electron chi connectivity index (χ1n) is 5.63. The van der Waals surface area contributed by atoms with Crippen molar-refractivity contribution in [2.24, 2.45) is 0 Å². The molecule has 2 aromatic rings. The Hall–Kier alpha value is -2.07. The van der Waals surface area contributed by atoms with E-state index in [1.807, 2.05) is 24.3 Å². The highest BCUT2D eigenvalue weighted by Crippen LogP contribution is 2.19. The van der Waals surface area contributed by atoms with Gasteiger partial charge in [-0.2, -0.15) is 0 Å². The molecule has 0 atom stereocenters. The fourth-order valence-corrected chi connectivity index (χ4v) is 1.60. The van der Waals surface area contributed by atoms with Gasteiger partial charge in [-0.3, -0.25) is 4.98 Å². The van der Waals surface area contributed by atoms with Crippen molar-refractivity contribution in [2.45, 2.75) is 13.2 Å². The van der Waals surface area contributed by atoms with Crippen LogP contribution in [-0.2, 0) is 13.2 Å². The zero-order valence-corrected chi connectivity index (χ0v) is 10.2. The van der Waals surface area contributed by atoms with Gasteiger partial charge in [0.2, 0.25) is 0 Å². The molecule has 1 N–H and O–H groups in total. The van der Waals surface area contributed by atoms with E-state index in [9.17, 15) is 0 Å². The maximum atomic E-state index is 9.16. The molecule has 94 valence electrons. The quantitative estimate of drug-likeness (QED) is 0.877. The number of aliphatic hydroxyl groups excluding tert-OH is 1. The molecule has 0 saturated carbocycles. The minimum absolute atomic E-state index is 0.0821. The molecule has 0 aliphatic rings. The normalized spacial score (nSPS) is 10.1. The minimum Gasteiger partial charge on any atom is -0.497 e. The van der Waals surface area contributed by atoms with Crippen LogP contribution in [-0.4, -0.2) is 17.2 Å². The summed E-state index contributed by atoms with van der Waals surface area (Å²) in [5.74, 6) is 1.45. The van der Waals surface area contributed by atoms with Crippen LogP contribution in [0.4, 0.5) is 0 Å². The number of rotatable bonds is 5. The van der Waals surface area contributed by atoms with Crippen LogP contribution < -0.4 is 9.47 Å². The molecule has 0 saturated heterocycles. The Balaban J connectivity index is 2.06. The Labute approximate surface area is 106 Å². The van der Waals surface area contributed by atoms with Gasteiger partial charge >= 0.3 is 0 Å². The average molecular weight is 245 g/mol. The van der Waals surface area contributed by atoms with Crippen molar-refractivity contribution in [3.05, 3.63) is 53.9 Å². The van der Waals surface area contributed by atoms with Crippen molar-refractivity contribution in [1.82, 2.24) is 4.98 Å². The molecule has 1 aromatic carbocycles. The second kappa shape index (κ2) is 6.02. The Bertz CT molecular complexity index is 514. The lowest BCUT2D eigenvalue weighted by atomic mass is 10.2. The molecular formula is C14H15NO3. The Kier molecular flexibility index (Phi) is 4.15. The number of aromatic nitrogens is 1. The van der Waals surface area contributed by atoms with Gasteiger partial charge in [-0.25, -0.2) is 0 Å². The van der Waals surface area contributed by atoms with Crippen LogP contribution in [0.5, 0.6) is 11.5 Å². The van der Waals surface area contributed by atoms with Crippen molar-refractivity contribution >= 4 is 0 Å². The minimum atomic E-state index is -0.0821. The van der Waals surface area contributed by atoms with Crippen molar-refractivity contribution in [3.8, 4) is 11.5 Å². The molecule has 0 radical (unpaired) electrons. The van der Waals surface area contributed by atoms with E-state index in [-0.39, 0.29) is 6.61 Å². The molecule has 2 rings (SSSR count). The lowest BCUT2D eigenvalue weighted by molar-refractivity contribution is 0.258. The second-order valence-corrected chi connectivity index (χ2v) is 3.78. The van der Waals surface area contributed by atoms with Crippen LogP contribution in [0.1, 0.15) is 11.1 Å². The molecule has 0 fully saturated rings. The van der Waals surface area contributed by atoms with Crippen LogP contribution in [0, 0.1) is 0 Å². The molecule has 0 amide bonds. The van der Waals surface area contributed by atoms with E-state index in [0.29, 0.717) is 17.9 Å². The monoisotopic (exact) mass is 245 g/mol. The largest absolute Gasteiger partial charge is 0.497 e. The molecule has 0 aliphatic carbocycles. The van der Waals surface area contributed by atoms with Gasteiger partial charge in [-0.15, -0.1) is 0 Å². The first kappa shape index (κ1) is 12.4. The first-order valence-corrected chi connectivity index (χ1v) is 5.63.